The molecule has 0 saturated carbocycles. The largest absolute Gasteiger partial charge is 0.344 e. The predicted octanol–water partition coefficient (Wildman–Crippen LogP) is 3.37. The van der Waals surface area contributed by atoms with Gasteiger partial charge >= 0.3 is 0 Å². The van der Waals surface area contributed by atoms with Crippen LogP contribution in [-0.2, 0) is 14.6 Å². The minimum atomic E-state index is -3.45. The van der Waals surface area contributed by atoms with Gasteiger partial charge in [0.1, 0.15) is 5.75 Å². The summed E-state index contributed by atoms with van der Waals surface area (Å²) in [5, 5.41) is 2.77. The molecule has 1 amide bonds. The molecule has 0 aliphatic heterocycles. The van der Waals surface area contributed by atoms with Crippen LogP contribution in [0.3, 0.4) is 0 Å². The maximum Gasteiger partial charge on any atom is 0.235 e. The predicted molar refractivity (Wildman–Crippen MR) is 96.8 cm³/mol. The topological polar surface area (TPSA) is 63.2 Å². The summed E-state index contributed by atoms with van der Waals surface area (Å²) >= 11 is 6.05. The van der Waals surface area contributed by atoms with Crippen molar-refractivity contribution in [1.82, 2.24) is 5.32 Å². The molecule has 0 aliphatic rings. The lowest BCUT2D eigenvalue weighted by Crippen LogP contribution is -2.36. The fourth-order valence-corrected chi connectivity index (χ4v) is 3.22. The van der Waals surface area contributed by atoms with Gasteiger partial charge in [-0.25, -0.2) is 8.42 Å². The van der Waals surface area contributed by atoms with Gasteiger partial charge in [-0.15, -0.1) is 0 Å². The SMILES string of the molecule is CC(C)S(=O)(=O)CC(=O)NC(c1ccccc1)c1cccc(Cl)c1. The molecule has 0 radical (unpaired) electrons. The van der Waals surface area contributed by atoms with E-state index in [9.17, 15) is 13.2 Å². The molecule has 0 aromatic heterocycles. The van der Waals surface area contributed by atoms with Crippen LogP contribution in [0.5, 0.6) is 0 Å². The summed E-state index contributed by atoms with van der Waals surface area (Å²) in [4.78, 5) is 12.3. The molecule has 4 nitrogen and oxygen atoms in total. The van der Waals surface area contributed by atoms with Gasteiger partial charge in [0.25, 0.3) is 0 Å². The lowest BCUT2D eigenvalue weighted by Gasteiger charge is -2.20. The monoisotopic (exact) mass is 365 g/mol. The number of carbonyl (C=O) groups is 1. The number of amides is 1. The highest BCUT2D eigenvalue weighted by Crippen LogP contribution is 2.24. The van der Waals surface area contributed by atoms with Crippen molar-refractivity contribution in [3.8, 4) is 0 Å². The van der Waals surface area contributed by atoms with Crippen LogP contribution in [0.4, 0.5) is 0 Å². The van der Waals surface area contributed by atoms with Crippen LogP contribution < -0.4 is 5.32 Å². The number of hydrogen-bond acceptors (Lipinski definition) is 3. The highest BCUT2D eigenvalue weighted by molar-refractivity contribution is 7.92. The van der Waals surface area contributed by atoms with Crippen LogP contribution in [0.1, 0.15) is 31.0 Å². The number of sulfone groups is 1. The number of nitrogens with one attached hydrogen (secondary N) is 1. The number of carbonyl (C=O) groups excluding carboxylic acids is 1. The Bertz CT molecular complexity index is 804. The molecular formula is C18H20ClNO3S. The maximum absolute atomic E-state index is 12.3. The Morgan fingerprint density at radius 1 is 1.04 bits per heavy atom. The molecule has 128 valence electrons. The number of rotatable bonds is 6. The molecule has 1 atom stereocenters. The molecule has 2 aromatic rings. The van der Waals surface area contributed by atoms with Gasteiger partial charge in [-0.2, -0.15) is 0 Å². The molecule has 6 heteroatoms. The van der Waals surface area contributed by atoms with E-state index in [0.717, 1.165) is 11.1 Å². The van der Waals surface area contributed by atoms with E-state index in [-0.39, 0.29) is 0 Å². The second-order valence-corrected chi connectivity index (χ2v) is 8.82. The van der Waals surface area contributed by atoms with Crippen molar-refractivity contribution < 1.29 is 13.2 Å². The Hall–Kier alpha value is -1.85. The summed E-state index contributed by atoms with van der Waals surface area (Å²) in [5.41, 5.74) is 1.65. The van der Waals surface area contributed by atoms with Gasteiger partial charge in [0.2, 0.25) is 5.91 Å². The first-order chi connectivity index (χ1) is 11.3. The van der Waals surface area contributed by atoms with Crippen molar-refractivity contribution in [2.24, 2.45) is 0 Å². The van der Waals surface area contributed by atoms with Gasteiger partial charge in [-0.05, 0) is 37.1 Å². The molecule has 0 fully saturated rings. The number of halogens is 1. The summed E-state index contributed by atoms with van der Waals surface area (Å²) < 4.78 is 23.9. The zero-order chi connectivity index (χ0) is 17.7. The molecule has 2 rings (SSSR count). The second-order valence-electron chi connectivity index (χ2n) is 5.82. The first-order valence-electron chi connectivity index (χ1n) is 7.61. The van der Waals surface area contributed by atoms with E-state index < -0.39 is 32.8 Å². The lowest BCUT2D eigenvalue weighted by molar-refractivity contribution is -0.119. The average molecular weight is 366 g/mol. The summed E-state index contributed by atoms with van der Waals surface area (Å²) in [6.07, 6.45) is 0. The van der Waals surface area contributed by atoms with E-state index in [2.05, 4.69) is 5.32 Å². The molecular weight excluding hydrogens is 346 g/mol. The van der Waals surface area contributed by atoms with Crippen LogP contribution in [0, 0.1) is 0 Å². The highest BCUT2D eigenvalue weighted by atomic mass is 35.5. The van der Waals surface area contributed by atoms with Gasteiger partial charge in [0.15, 0.2) is 9.84 Å². The standard InChI is InChI=1S/C18H20ClNO3S/c1-13(2)24(22,23)12-17(21)20-18(14-7-4-3-5-8-14)15-9-6-10-16(19)11-15/h3-11,13,18H,12H2,1-2H3,(H,20,21). The van der Waals surface area contributed by atoms with Gasteiger partial charge in [0, 0.05) is 5.02 Å². The van der Waals surface area contributed by atoms with Crippen LogP contribution in [0.25, 0.3) is 0 Å². The summed E-state index contributed by atoms with van der Waals surface area (Å²) in [6.45, 7) is 3.13. The van der Waals surface area contributed by atoms with E-state index in [1.807, 2.05) is 36.4 Å². The van der Waals surface area contributed by atoms with Gasteiger partial charge in [-0.1, -0.05) is 54.1 Å². The smallest absolute Gasteiger partial charge is 0.235 e. The van der Waals surface area contributed by atoms with E-state index in [1.165, 1.54) is 0 Å². The number of hydrogen-bond donors (Lipinski definition) is 1. The van der Waals surface area contributed by atoms with Crippen LogP contribution in [-0.4, -0.2) is 25.3 Å². The Balaban J connectivity index is 2.29. The zero-order valence-electron chi connectivity index (χ0n) is 13.6. The molecule has 2 aromatic carbocycles. The van der Waals surface area contributed by atoms with Crippen molar-refractivity contribution in [2.75, 3.05) is 5.75 Å². The third-order valence-electron chi connectivity index (χ3n) is 3.67. The van der Waals surface area contributed by atoms with E-state index >= 15 is 0 Å². The average Bonchev–Trinajstić information content (AvgIpc) is 2.53. The molecule has 0 heterocycles. The van der Waals surface area contributed by atoms with Crippen LogP contribution in [0.15, 0.2) is 54.6 Å². The normalized spacial score (nSPS) is 12.8. The van der Waals surface area contributed by atoms with E-state index in [4.69, 9.17) is 11.6 Å². The molecule has 24 heavy (non-hydrogen) atoms. The fourth-order valence-electron chi connectivity index (χ4n) is 2.24. The number of benzene rings is 2. The van der Waals surface area contributed by atoms with Crippen LogP contribution in [0.2, 0.25) is 5.02 Å². The lowest BCUT2D eigenvalue weighted by atomic mass is 9.99. The van der Waals surface area contributed by atoms with Crippen molar-refractivity contribution in [3.63, 3.8) is 0 Å². The molecule has 0 spiro atoms. The highest BCUT2D eigenvalue weighted by Gasteiger charge is 2.24. The van der Waals surface area contributed by atoms with E-state index in [1.54, 1.807) is 32.0 Å². The third kappa shape index (κ3) is 4.82. The first kappa shape index (κ1) is 18.5. The van der Waals surface area contributed by atoms with Crippen molar-refractivity contribution in [3.05, 3.63) is 70.7 Å². The Kier molecular flexibility index (Phi) is 6.02. The van der Waals surface area contributed by atoms with Gasteiger partial charge in [-0.3, -0.25) is 4.79 Å². The molecule has 1 unspecified atom stereocenters. The van der Waals surface area contributed by atoms with Gasteiger partial charge < -0.3 is 5.32 Å². The zero-order valence-corrected chi connectivity index (χ0v) is 15.1. The quantitative estimate of drug-likeness (QED) is 0.853. The Morgan fingerprint density at radius 3 is 2.25 bits per heavy atom. The van der Waals surface area contributed by atoms with Crippen LogP contribution >= 0.6 is 11.6 Å². The minimum absolute atomic E-state index is 0.459. The van der Waals surface area contributed by atoms with Gasteiger partial charge in [0.05, 0.1) is 11.3 Å². The summed E-state index contributed by atoms with van der Waals surface area (Å²) in [7, 11) is -3.45. The van der Waals surface area contributed by atoms with Crippen molar-refractivity contribution in [2.45, 2.75) is 25.1 Å². The molecule has 1 N–H and O–H groups in total. The Morgan fingerprint density at radius 2 is 1.67 bits per heavy atom. The summed E-state index contributed by atoms with van der Waals surface area (Å²) in [5.74, 6) is -1.06. The maximum atomic E-state index is 12.3. The minimum Gasteiger partial charge on any atom is -0.344 e. The Labute approximate surface area is 147 Å². The first-order valence-corrected chi connectivity index (χ1v) is 9.70. The van der Waals surface area contributed by atoms with E-state index in [0.29, 0.717) is 5.02 Å². The second kappa shape index (κ2) is 7.81. The summed E-state index contributed by atoms with van der Waals surface area (Å²) in [6, 6.07) is 16.1. The third-order valence-corrected chi connectivity index (χ3v) is 6.01. The molecule has 0 bridgehead atoms. The fraction of sp³-hybridized carbons (Fsp3) is 0.278. The van der Waals surface area contributed by atoms with Crippen molar-refractivity contribution >= 4 is 27.3 Å². The van der Waals surface area contributed by atoms with Crippen molar-refractivity contribution in [1.29, 1.82) is 0 Å². The molecule has 0 aliphatic carbocycles. The molecule has 0 saturated heterocycles.